The van der Waals surface area contributed by atoms with E-state index in [2.05, 4.69) is 15.5 Å². The molecule has 0 spiro atoms. The van der Waals surface area contributed by atoms with Gasteiger partial charge in [0, 0.05) is 19.1 Å². The van der Waals surface area contributed by atoms with Gasteiger partial charge in [-0.3, -0.25) is 14.5 Å². The van der Waals surface area contributed by atoms with Gasteiger partial charge in [-0.1, -0.05) is 60.7 Å². The maximum absolute atomic E-state index is 13.1. The van der Waals surface area contributed by atoms with Crippen molar-refractivity contribution < 1.29 is 9.59 Å². The summed E-state index contributed by atoms with van der Waals surface area (Å²) in [6.07, 6.45) is 7.38. The number of nitrogens with zero attached hydrogens (tertiary/aromatic N) is 1. The van der Waals surface area contributed by atoms with Crippen LogP contribution in [0.2, 0.25) is 10.0 Å². The normalized spacial score (nSPS) is 19.8. The van der Waals surface area contributed by atoms with Crippen molar-refractivity contribution in [1.29, 1.82) is 0 Å². The second-order valence-corrected chi connectivity index (χ2v) is 9.98. The van der Waals surface area contributed by atoms with E-state index in [1.165, 1.54) is 6.42 Å². The van der Waals surface area contributed by atoms with E-state index < -0.39 is 0 Å². The summed E-state index contributed by atoms with van der Waals surface area (Å²) in [5.41, 5.74) is 2.19. The van der Waals surface area contributed by atoms with Crippen molar-refractivity contribution in [3.05, 3.63) is 63.6 Å². The molecule has 2 aliphatic rings. The third-order valence-electron chi connectivity index (χ3n) is 6.64. The van der Waals surface area contributed by atoms with Gasteiger partial charge in [-0.05, 0) is 62.1 Å². The number of piperidine rings is 1. The topological polar surface area (TPSA) is 61.4 Å². The number of amides is 2. The SMILES string of the molecule is O=C(NC1CCCCC1)c1ccccc1NC(=O)C1CCCN(Cc2ccc(Cl)c(Cl)c2)C1. The fourth-order valence-electron chi connectivity index (χ4n) is 4.84. The molecule has 2 fully saturated rings. The van der Waals surface area contributed by atoms with Crippen LogP contribution in [0.25, 0.3) is 0 Å². The van der Waals surface area contributed by atoms with Crippen molar-refractivity contribution in [3.63, 3.8) is 0 Å². The Bertz CT molecular complexity index is 991. The molecule has 2 N–H and O–H groups in total. The number of nitrogens with one attached hydrogen (secondary N) is 2. The second-order valence-electron chi connectivity index (χ2n) is 9.17. The fourth-order valence-corrected chi connectivity index (χ4v) is 5.17. The van der Waals surface area contributed by atoms with Gasteiger partial charge in [0.15, 0.2) is 0 Å². The van der Waals surface area contributed by atoms with Crippen LogP contribution in [0.3, 0.4) is 0 Å². The molecule has 0 aromatic heterocycles. The van der Waals surface area contributed by atoms with E-state index in [4.69, 9.17) is 23.2 Å². The van der Waals surface area contributed by atoms with Crippen LogP contribution in [0.1, 0.15) is 60.9 Å². The van der Waals surface area contributed by atoms with Crippen molar-refractivity contribution in [1.82, 2.24) is 10.2 Å². The summed E-state index contributed by atoms with van der Waals surface area (Å²) in [6.45, 7) is 2.33. The number of rotatable bonds is 6. The summed E-state index contributed by atoms with van der Waals surface area (Å²) in [7, 11) is 0. The number of carbonyl (C=O) groups excluding carboxylic acids is 2. The molecular weight excluding hydrogens is 457 g/mol. The van der Waals surface area contributed by atoms with E-state index in [-0.39, 0.29) is 23.8 Å². The van der Waals surface area contributed by atoms with Gasteiger partial charge in [0.25, 0.3) is 5.91 Å². The predicted octanol–water partition coefficient (Wildman–Crippen LogP) is 5.91. The molecular formula is C26H31Cl2N3O2. The van der Waals surface area contributed by atoms with E-state index in [1.807, 2.05) is 36.4 Å². The van der Waals surface area contributed by atoms with Crippen LogP contribution in [0.5, 0.6) is 0 Å². The zero-order valence-corrected chi connectivity index (χ0v) is 20.3. The number of likely N-dealkylation sites (tertiary alicyclic amines) is 1. The van der Waals surface area contributed by atoms with Gasteiger partial charge in [-0.2, -0.15) is 0 Å². The fraction of sp³-hybridized carbons (Fsp3) is 0.462. The van der Waals surface area contributed by atoms with E-state index in [0.29, 0.717) is 27.8 Å². The summed E-state index contributed by atoms with van der Waals surface area (Å²) in [5.74, 6) is -0.273. The smallest absolute Gasteiger partial charge is 0.253 e. The number of carbonyl (C=O) groups is 2. The molecule has 1 aliphatic heterocycles. The van der Waals surface area contributed by atoms with Crippen LogP contribution < -0.4 is 10.6 Å². The first-order chi connectivity index (χ1) is 16.0. The second kappa shape index (κ2) is 11.4. The molecule has 33 heavy (non-hydrogen) atoms. The van der Waals surface area contributed by atoms with Crippen LogP contribution in [0.15, 0.2) is 42.5 Å². The Labute approximate surface area is 205 Å². The van der Waals surface area contributed by atoms with E-state index in [9.17, 15) is 9.59 Å². The Morgan fingerprint density at radius 1 is 0.939 bits per heavy atom. The lowest BCUT2D eigenvalue weighted by molar-refractivity contribution is -0.121. The Balaban J connectivity index is 1.37. The van der Waals surface area contributed by atoms with Gasteiger partial charge in [0.1, 0.15) is 0 Å². The van der Waals surface area contributed by atoms with Gasteiger partial charge >= 0.3 is 0 Å². The molecule has 2 amide bonds. The zero-order valence-electron chi connectivity index (χ0n) is 18.8. The van der Waals surface area contributed by atoms with E-state index >= 15 is 0 Å². The first-order valence-electron chi connectivity index (χ1n) is 11.9. The standard InChI is InChI=1S/C26H31Cl2N3O2/c27-22-13-12-18(15-23(22)28)16-31-14-6-7-19(17-31)25(32)30-24-11-5-4-10-21(24)26(33)29-20-8-2-1-3-9-20/h4-5,10-13,15,19-20H,1-3,6-9,14,16-17H2,(H,29,33)(H,30,32). The molecule has 1 aliphatic carbocycles. The molecule has 2 aromatic carbocycles. The monoisotopic (exact) mass is 487 g/mol. The predicted molar refractivity (Wildman–Crippen MR) is 134 cm³/mol. The molecule has 1 saturated heterocycles. The van der Waals surface area contributed by atoms with Crippen molar-refractivity contribution in [2.45, 2.75) is 57.5 Å². The number of para-hydroxylation sites is 1. The highest BCUT2D eigenvalue weighted by Gasteiger charge is 2.27. The van der Waals surface area contributed by atoms with Gasteiger partial charge in [0.2, 0.25) is 5.91 Å². The van der Waals surface area contributed by atoms with Crippen LogP contribution in [0, 0.1) is 5.92 Å². The summed E-state index contributed by atoms with van der Waals surface area (Å²) < 4.78 is 0. The highest BCUT2D eigenvalue weighted by molar-refractivity contribution is 6.42. The first-order valence-corrected chi connectivity index (χ1v) is 12.6. The Morgan fingerprint density at radius 3 is 2.52 bits per heavy atom. The van der Waals surface area contributed by atoms with Crippen molar-refractivity contribution in [2.24, 2.45) is 5.92 Å². The highest BCUT2D eigenvalue weighted by atomic mass is 35.5. The van der Waals surface area contributed by atoms with E-state index in [0.717, 1.165) is 57.2 Å². The lowest BCUT2D eigenvalue weighted by Crippen LogP contribution is -2.40. The van der Waals surface area contributed by atoms with Crippen molar-refractivity contribution in [2.75, 3.05) is 18.4 Å². The molecule has 1 saturated carbocycles. The highest BCUT2D eigenvalue weighted by Crippen LogP contribution is 2.26. The van der Waals surface area contributed by atoms with Crippen LogP contribution in [0.4, 0.5) is 5.69 Å². The lowest BCUT2D eigenvalue weighted by Gasteiger charge is -2.32. The van der Waals surface area contributed by atoms with Crippen LogP contribution >= 0.6 is 23.2 Å². The van der Waals surface area contributed by atoms with Gasteiger partial charge in [-0.15, -0.1) is 0 Å². The Hall–Kier alpha value is -2.08. The number of halogens is 2. The molecule has 1 unspecified atom stereocenters. The lowest BCUT2D eigenvalue weighted by atomic mass is 9.95. The van der Waals surface area contributed by atoms with Gasteiger partial charge < -0.3 is 10.6 Å². The minimum absolute atomic E-state index is 0.0354. The molecule has 1 atom stereocenters. The summed E-state index contributed by atoms with van der Waals surface area (Å²) in [6, 6.07) is 13.2. The maximum Gasteiger partial charge on any atom is 0.253 e. The maximum atomic E-state index is 13.1. The summed E-state index contributed by atoms with van der Waals surface area (Å²) in [4.78, 5) is 28.3. The molecule has 176 valence electrons. The molecule has 1 heterocycles. The zero-order chi connectivity index (χ0) is 23.2. The Kier molecular flexibility index (Phi) is 8.29. The van der Waals surface area contributed by atoms with Crippen LogP contribution in [-0.2, 0) is 11.3 Å². The number of hydrogen-bond donors (Lipinski definition) is 2. The van der Waals surface area contributed by atoms with Gasteiger partial charge in [0.05, 0.1) is 27.2 Å². The first kappa shape index (κ1) is 24.1. The molecule has 0 bridgehead atoms. The average molecular weight is 488 g/mol. The minimum Gasteiger partial charge on any atom is -0.349 e. The van der Waals surface area contributed by atoms with Crippen LogP contribution in [-0.4, -0.2) is 35.8 Å². The number of anilines is 1. The molecule has 7 heteroatoms. The summed E-state index contributed by atoms with van der Waals surface area (Å²) >= 11 is 12.2. The van der Waals surface area contributed by atoms with Gasteiger partial charge in [-0.25, -0.2) is 0 Å². The van der Waals surface area contributed by atoms with Crippen molar-refractivity contribution >= 4 is 40.7 Å². The van der Waals surface area contributed by atoms with Crippen molar-refractivity contribution in [3.8, 4) is 0 Å². The Morgan fingerprint density at radius 2 is 1.73 bits per heavy atom. The molecule has 4 rings (SSSR count). The molecule has 2 aromatic rings. The number of benzene rings is 2. The molecule has 5 nitrogen and oxygen atoms in total. The number of hydrogen-bond acceptors (Lipinski definition) is 3. The minimum atomic E-state index is -0.129. The van der Waals surface area contributed by atoms with E-state index in [1.54, 1.807) is 6.07 Å². The average Bonchev–Trinajstić information content (AvgIpc) is 2.82. The largest absolute Gasteiger partial charge is 0.349 e. The molecule has 0 radical (unpaired) electrons. The quantitative estimate of drug-likeness (QED) is 0.532. The summed E-state index contributed by atoms with van der Waals surface area (Å²) in [5, 5.41) is 7.28. The third-order valence-corrected chi connectivity index (χ3v) is 7.38. The third kappa shape index (κ3) is 6.50.